The molecule has 4 atom stereocenters. The third-order valence-electron chi connectivity index (χ3n) is 6.46. The van der Waals surface area contributed by atoms with Crippen LogP contribution in [-0.2, 0) is 24.2 Å². The van der Waals surface area contributed by atoms with Gasteiger partial charge in [0.2, 0.25) is 10.0 Å². The Morgan fingerprint density at radius 3 is 2.66 bits per heavy atom. The molecule has 2 saturated heterocycles. The van der Waals surface area contributed by atoms with Crippen LogP contribution in [0.15, 0.2) is 65.8 Å². The number of aromatic nitrogens is 3. The van der Waals surface area contributed by atoms with Gasteiger partial charge in [-0.3, -0.25) is 0 Å². The monoisotopic (exact) mass is 495 g/mol. The second-order valence-corrected chi connectivity index (χ2v) is 11.0. The lowest BCUT2D eigenvalue weighted by molar-refractivity contribution is -0.187. The first kappa shape index (κ1) is 22.4. The Bertz CT molecular complexity index is 1540. The first-order valence-electron chi connectivity index (χ1n) is 11.3. The highest BCUT2D eigenvalue weighted by molar-refractivity contribution is 7.89. The number of hydrogen-bond acceptors (Lipinski definition) is 8. The number of benzene rings is 2. The fourth-order valence-electron chi connectivity index (χ4n) is 4.88. The summed E-state index contributed by atoms with van der Waals surface area (Å²) in [5, 5.41) is 6.13. The minimum absolute atomic E-state index is 0.0205. The average Bonchev–Trinajstić information content (AvgIpc) is 3.49. The Hall–Kier alpha value is -3.09. The van der Waals surface area contributed by atoms with Crippen molar-refractivity contribution in [2.24, 2.45) is 0 Å². The fourth-order valence-corrected chi connectivity index (χ4v) is 5.96. The third kappa shape index (κ3) is 3.85. The van der Waals surface area contributed by atoms with E-state index in [1.54, 1.807) is 22.7 Å². The normalized spacial score (nSPS) is 25.9. The first-order valence-corrected chi connectivity index (χ1v) is 12.8. The molecule has 0 spiro atoms. The van der Waals surface area contributed by atoms with E-state index in [1.165, 1.54) is 6.33 Å². The summed E-state index contributed by atoms with van der Waals surface area (Å²) in [5.74, 6) is -0.488. The molecule has 0 aliphatic carbocycles. The van der Waals surface area contributed by atoms with E-state index in [1.807, 2.05) is 50.2 Å². The zero-order chi connectivity index (χ0) is 24.4. The zero-order valence-electron chi connectivity index (χ0n) is 19.2. The largest absolute Gasteiger partial charge is 0.382 e. The summed E-state index contributed by atoms with van der Waals surface area (Å²) in [6, 6.07) is 16.3. The lowest BCUT2D eigenvalue weighted by atomic mass is 10.1. The van der Waals surface area contributed by atoms with Gasteiger partial charge in [-0.1, -0.05) is 30.3 Å². The molecule has 2 aromatic carbocycles. The van der Waals surface area contributed by atoms with Crippen LogP contribution in [0.1, 0.15) is 25.6 Å². The van der Waals surface area contributed by atoms with Crippen LogP contribution in [0, 0.1) is 0 Å². The third-order valence-corrected chi connectivity index (χ3v) is 7.88. The van der Waals surface area contributed by atoms with Crippen molar-refractivity contribution in [2.75, 3.05) is 12.3 Å². The molecule has 0 unspecified atom stereocenters. The van der Waals surface area contributed by atoms with E-state index in [0.29, 0.717) is 11.3 Å². The molecule has 11 heteroatoms. The van der Waals surface area contributed by atoms with E-state index in [4.69, 9.17) is 19.9 Å². The number of fused-ring (bicyclic) bond motifs is 3. The number of rotatable bonds is 5. The molecule has 6 rings (SSSR count). The van der Waals surface area contributed by atoms with Crippen molar-refractivity contribution in [3.63, 3.8) is 0 Å². The highest BCUT2D eigenvalue weighted by atomic mass is 32.2. The molecule has 35 heavy (non-hydrogen) atoms. The van der Waals surface area contributed by atoms with Crippen molar-refractivity contribution in [1.29, 1.82) is 0 Å². The number of nitrogens with two attached hydrogens (primary N) is 1. The van der Waals surface area contributed by atoms with Gasteiger partial charge in [0.05, 0.1) is 10.6 Å². The van der Waals surface area contributed by atoms with Crippen molar-refractivity contribution in [2.45, 2.75) is 48.9 Å². The van der Waals surface area contributed by atoms with Crippen LogP contribution in [0.4, 0.5) is 5.82 Å². The second-order valence-electron chi connectivity index (χ2n) is 9.22. The number of anilines is 1. The molecular formula is C24H25N5O5S. The van der Waals surface area contributed by atoms with Crippen LogP contribution in [-0.4, -0.2) is 53.7 Å². The number of sulfonamides is 1. The zero-order valence-corrected chi connectivity index (χ0v) is 20.0. The maximum absolute atomic E-state index is 13.1. The predicted octanol–water partition coefficient (Wildman–Crippen LogP) is 2.40. The number of hydrogen-bond donors (Lipinski definition) is 2. The molecule has 2 aliphatic heterocycles. The molecular weight excluding hydrogens is 470 g/mol. The van der Waals surface area contributed by atoms with Gasteiger partial charge in [-0.2, -0.15) is 5.10 Å². The molecule has 182 valence electrons. The van der Waals surface area contributed by atoms with Gasteiger partial charge in [-0.05, 0) is 48.9 Å². The van der Waals surface area contributed by atoms with E-state index in [-0.39, 0.29) is 11.4 Å². The van der Waals surface area contributed by atoms with Crippen LogP contribution in [0.3, 0.4) is 0 Å². The number of nitrogens with one attached hydrogen (secondary N) is 1. The maximum Gasteiger partial charge on any atom is 0.240 e. The quantitative estimate of drug-likeness (QED) is 0.432. The van der Waals surface area contributed by atoms with E-state index in [0.717, 1.165) is 16.5 Å². The Kier molecular flexibility index (Phi) is 5.09. The maximum atomic E-state index is 13.1. The molecule has 3 N–H and O–H groups in total. The summed E-state index contributed by atoms with van der Waals surface area (Å²) >= 11 is 0. The second kappa shape index (κ2) is 7.97. The smallest absolute Gasteiger partial charge is 0.240 e. The summed E-state index contributed by atoms with van der Waals surface area (Å²) in [6.07, 6.45) is -0.655. The molecule has 2 fully saturated rings. The summed E-state index contributed by atoms with van der Waals surface area (Å²) in [4.78, 5) is 4.22. The van der Waals surface area contributed by atoms with Crippen molar-refractivity contribution < 1.29 is 22.6 Å². The molecule has 0 saturated carbocycles. The lowest BCUT2D eigenvalue weighted by Gasteiger charge is -2.24. The van der Waals surface area contributed by atoms with Crippen LogP contribution in [0.5, 0.6) is 0 Å². The molecule has 0 amide bonds. The standard InChI is InChI=1S/C24H25N5O5S/c1-24(2)33-21-19(12-28-35(30,31)16-8-7-14-5-3-4-6-15(14)11-16)32-20(22(21)34-24)17-9-10-18-23(25)26-13-27-29(17)18/h3-11,13,19-22,28H,12H2,1-2H3,(H2,25,26,27)/t19-,20+,21-,22+/m1/s1. The Labute approximate surface area is 202 Å². The fraction of sp³-hybridized carbons (Fsp3) is 0.333. The molecule has 0 radical (unpaired) electrons. The van der Waals surface area contributed by atoms with Crippen molar-refractivity contribution in [3.8, 4) is 0 Å². The molecule has 10 nitrogen and oxygen atoms in total. The Balaban J connectivity index is 1.27. The number of ether oxygens (including phenoxy) is 3. The molecule has 0 bridgehead atoms. The minimum Gasteiger partial charge on any atom is -0.382 e. The predicted molar refractivity (Wildman–Crippen MR) is 128 cm³/mol. The van der Waals surface area contributed by atoms with Crippen molar-refractivity contribution in [3.05, 3.63) is 66.6 Å². The van der Waals surface area contributed by atoms with E-state index >= 15 is 0 Å². The van der Waals surface area contributed by atoms with Gasteiger partial charge in [0.1, 0.15) is 36.3 Å². The minimum atomic E-state index is -3.78. The van der Waals surface area contributed by atoms with Crippen LogP contribution >= 0.6 is 0 Å². The SMILES string of the molecule is CC1(C)O[C@@H]2[C@H](O1)[C@@H](CNS(=O)(=O)c1ccc3ccccc3c1)O[C@H]2c1ccc2c(N)ncnn12. The van der Waals surface area contributed by atoms with Gasteiger partial charge in [-0.15, -0.1) is 0 Å². The van der Waals surface area contributed by atoms with Gasteiger partial charge in [0, 0.05) is 6.54 Å². The highest BCUT2D eigenvalue weighted by Crippen LogP contribution is 2.45. The van der Waals surface area contributed by atoms with E-state index in [2.05, 4.69) is 14.8 Å². The lowest BCUT2D eigenvalue weighted by Crippen LogP contribution is -2.39. The number of nitrogens with zero attached hydrogens (tertiary/aromatic N) is 3. The van der Waals surface area contributed by atoms with Gasteiger partial charge in [0.25, 0.3) is 0 Å². The Morgan fingerprint density at radius 1 is 1.06 bits per heavy atom. The van der Waals surface area contributed by atoms with Gasteiger partial charge >= 0.3 is 0 Å². The van der Waals surface area contributed by atoms with Gasteiger partial charge in [-0.25, -0.2) is 22.6 Å². The van der Waals surface area contributed by atoms with Crippen molar-refractivity contribution >= 4 is 32.1 Å². The molecule has 2 aromatic heterocycles. The summed E-state index contributed by atoms with van der Waals surface area (Å²) in [6.45, 7) is 3.68. The van der Waals surface area contributed by atoms with E-state index in [9.17, 15) is 8.42 Å². The summed E-state index contributed by atoms with van der Waals surface area (Å²) in [5.41, 5.74) is 7.37. The summed E-state index contributed by atoms with van der Waals surface area (Å²) in [7, 11) is -3.78. The molecule has 4 heterocycles. The molecule has 2 aliphatic rings. The van der Waals surface area contributed by atoms with Gasteiger partial charge in [0.15, 0.2) is 11.6 Å². The topological polar surface area (TPSA) is 130 Å². The van der Waals surface area contributed by atoms with Crippen molar-refractivity contribution in [1.82, 2.24) is 19.3 Å². The number of nitrogen functional groups attached to an aromatic ring is 1. The average molecular weight is 496 g/mol. The highest BCUT2D eigenvalue weighted by Gasteiger charge is 2.56. The van der Waals surface area contributed by atoms with E-state index < -0.39 is 40.2 Å². The van der Waals surface area contributed by atoms with Crippen LogP contribution in [0.25, 0.3) is 16.3 Å². The van der Waals surface area contributed by atoms with Gasteiger partial charge < -0.3 is 19.9 Å². The molecule has 4 aromatic rings. The van der Waals surface area contributed by atoms with Crippen LogP contribution < -0.4 is 10.5 Å². The van der Waals surface area contributed by atoms with Crippen LogP contribution in [0.2, 0.25) is 0 Å². The Morgan fingerprint density at radius 2 is 1.83 bits per heavy atom. The first-order chi connectivity index (χ1) is 16.7. The summed E-state index contributed by atoms with van der Waals surface area (Å²) < 4.78 is 49.2.